The van der Waals surface area contributed by atoms with Gasteiger partial charge in [-0.15, -0.1) is 0 Å². The van der Waals surface area contributed by atoms with Crippen LogP contribution >= 0.6 is 11.6 Å². The van der Waals surface area contributed by atoms with Crippen LogP contribution in [0.2, 0.25) is 5.02 Å². The van der Waals surface area contributed by atoms with Crippen molar-refractivity contribution < 1.29 is 18.8 Å². The van der Waals surface area contributed by atoms with Gasteiger partial charge in [0.15, 0.2) is 5.82 Å². The highest BCUT2D eigenvalue weighted by Crippen LogP contribution is 2.31. The van der Waals surface area contributed by atoms with Gasteiger partial charge in [-0.05, 0) is 62.5 Å². The van der Waals surface area contributed by atoms with Gasteiger partial charge in [0.25, 0.3) is 17.7 Å². The standard InChI is InChI=1S/C32H34ClFN6O3/c1-20-28(33)24(19-25(35)29(20)34)31(42)37-26-18-21(7-12-27(26)40-16-14-39(4)15-17-40)6-5-13-36-30(41)22-8-10-23(11-9-22)32(43)38(2)3/h7-12,18-19H,13-17,35H2,1-4H3,(H,36,41)(H,37,42). The van der Waals surface area contributed by atoms with E-state index in [0.717, 1.165) is 31.9 Å². The average molecular weight is 605 g/mol. The van der Waals surface area contributed by atoms with Crippen LogP contribution < -0.4 is 21.3 Å². The second kappa shape index (κ2) is 13.6. The van der Waals surface area contributed by atoms with Crippen LogP contribution in [0, 0.1) is 24.6 Å². The molecule has 4 N–H and O–H groups in total. The number of nitrogens with one attached hydrogen (secondary N) is 2. The quantitative estimate of drug-likeness (QED) is 0.291. The lowest BCUT2D eigenvalue weighted by molar-refractivity contribution is 0.0826. The van der Waals surface area contributed by atoms with E-state index in [1.165, 1.54) is 17.9 Å². The van der Waals surface area contributed by atoms with Crippen LogP contribution in [0.5, 0.6) is 0 Å². The van der Waals surface area contributed by atoms with Crippen LogP contribution in [-0.2, 0) is 0 Å². The zero-order chi connectivity index (χ0) is 31.3. The third kappa shape index (κ3) is 7.44. The van der Waals surface area contributed by atoms with Gasteiger partial charge < -0.3 is 31.1 Å². The molecule has 0 radical (unpaired) electrons. The Morgan fingerprint density at radius 2 is 1.65 bits per heavy atom. The summed E-state index contributed by atoms with van der Waals surface area (Å²) in [5.41, 5.74) is 8.65. The van der Waals surface area contributed by atoms with Crippen molar-refractivity contribution in [3.63, 3.8) is 0 Å². The van der Waals surface area contributed by atoms with E-state index in [4.69, 9.17) is 17.3 Å². The number of rotatable bonds is 6. The van der Waals surface area contributed by atoms with Gasteiger partial charge in [0, 0.05) is 62.5 Å². The molecule has 1 saturated heterocycles. The number of hydrogen-bond acceptors (Lipinski definition) is 6. The molecule has 1 aliphatic rings. The number of halogens is 2. The van der Waals surface area contributed by atoms with Gasteiger partial charge in [0.1, 0.15) is 0 Å². The van der Waals surface area contributed by atoms with E-state index < -0.39 is 11.7 Å². The molecule has 0 spiro atoms. The molecule has 0 aliphatic carbocycles. The van der Waals surface area contributed by atoms with E-state index in [-0.39, 0.29) is 40.2 Å². The summed E-state index contributed by atoms with van der Waals surface area (Å²) in [7, 11) is 5.38. The van der Waals surface area contributed by atoms with Crippen molar-refractivity contribution in [2.75, 3.05) is 69.8 Å². The van der Waals surface area contributed by atoms with E-state index in [0.29, 0.717) is 22.4 Å². The first kappa shape index (κ1) is 31.3. The maximum absolute atomic E-state index is 14.2. The summed E-state index contributed by atoms with van der Waals surface area (Å²) in [5, 5.41) is 5.66. The van der Waals surface area contributed by atoms with Gasteiger partial charge in [-0.25, -0.2) is 4.39 Å². The first-order valence-corrected chi connectivity index (χ1v) is 14.1. The summed E-state index contributed by atoms with van der Waals surface area (Å²) < 4.78 is 14.2. The molecule has 1 fully saturated rings. The summed E-state index contributed by atoms with van der Waals surface area (Å²) >= 11 is 6.31. The molecule has 43 heavy (non-hydrogen) atoms. The molecule has 0 saturated carbocycles. The largest absolute Gasteiger partial charge is 0.396 e. The maximum Gasteiger partial charge on any atom is 0.257 e. The van der Waals surface area contributed by atoms with Crippen LogP contribution in [0.3, 0.4) is 0 Å². The van der Waals surface area contributed by atoms with Gasteiger partial charge in [0.05, 0.1) is 34.2 Å². The Bertz CT molecular complexity index is 1610. The zero-order valence-electron chi connectivity index (χ0n) is 24.6. The van der Waals surface area contributed by atoms with Gasteiger partial charge >= 0.3 is 0 Å². The number of nitrogens with zero attached hydrogens (tertiary/aromatic N) is 3. The number of piperazine rings is 1. The zero-order valence-corrected chi connectivity index (χ0v) is 25.3. The van der Waals surface area contributed by atoms with Crippen molar-refractivity contribution in [1.29, 1.82) is 0 Å². The Morgan fingerprint density at radius 3 is 2.30 bits per heavy atom. The van der Waals surface area contributed by atoms with Crippen LogP contribution in [0.15, 0.2) is 48.5 Å². The van der Waals surface area contributed by atoms with Gasteiger partial charge in [0.2, 0.25) is 0 Å². The van der Waals surface area contributed by atoms with Crippen molar-refractivity contribution in [2.24, 2.45) is 0 Å². The molecule has 3 amide bonds. The Morgan fingerprint density at radius 1 is 1.00 bits per heavy atom. The van der Waals surface area contributed by atoms with Crippen molar-refractivity contribution in [2.45, 2.75) is 6.92 Å². The summed E-state index contributed by atoms with van der Waals surface area (Å²) in [6.45, 7) is 4.82. The van der Waals surface area contributed by atoms with Crippen LogP contribution in [0.4, 0.5) is 21.5 Å². The van der Waals surface area contributed by atoms with Gasteiger partial charge in [-0.2, -0.15) is 0 Å². The van der Waals surface area contributed by atoms with Crippen molar-refractivity contribution in [3.8, 4) is 11.8 Å². The fourth-order valence-electron chi connectivity index (χ4n) is 4.58. The predicted octanol–water partition coefficient (Wildman–Crippen LogP) is 3.86. The number of carbonyl (C=O) groups is 3. The molecule has 11 heteroatoms. The topological polar surface area (TPSA) is 111 Å². The number of benzene rings is 3. The Kier molecular flexibility index (Phi) is 9.91. The number of hydrogen-bond donors (Lipinski definition) is 3. The minimum atomic E-state index is -0.652. The molecule has 1 aliphatic heterocycles. The summed E-state index contributed by atoms with van der Waals surface area (Å²) in [6.07, 6.45) is 0. The van der Waals surface area contributed by atoms with Gasteiger partial charge in [-0.3, -0.25) is 14.4 Å². The highest BCUT2D eigenvalue weighted by atomic mass is 35.5. The number of nitrogens with two attached hydrogens (primary N) is 1. The Labute approximate surface area is 255 Å². The van der Waals surface area contributed by atoms with Crippen molar-refractivity contribution >= 4 is 46.4 Å². The third-order valence-electron chi connectivity index (χ3n) is 7.15. The van der Waals surface area contributed by atoms with Gasteiger partial charge in [-0.1, -0.05) is 23.4 Å². The lowest BCUT2D eigenvalue weighted by atomic mass is 10.1. The highest BCUT2D eigenvalue weighted by molar-refractivity contribution is 6.35. The molecule has 224 valence electrons. The summed E-state index contributed by atoms with van der Waals surface area (Å²) in [4.78, 5) is 43.8. The normalized spacial score (nSPS) is 13.1. The van der Waals surface area contributed by atoms with E-state index in [1.807, 2.05) is 12.1 Å². The van der Waals surface area contributed by atoms with E-state index in [1.54, 1.807) is 44.4 Å². The van der Waals surface area contributed by atoms with E-state index in [2.05, 4.69) is 39.3 Å². The Hall–Kier alpha value is -4.59. The molecule has 9 nitrogen and oxygen atoms in total. The maximum atomic E-state index is 14.2. The third-order valence-corrected chi connectivity index (χ3v) is 7.64. The van der Waals surface area contributed by atoms with Crippen LogP contribution in [-0.4, -0.2) is 81.4 Å². The number of likely N-dealkylation sites (N-methyl/N-ethyl adjacent to an activating group) is 1. The molecular formula is C32H34ClFN6O3. The molecule has 0 bridgehead atoms. The lowest BCUT2D eigenvalue weighted by Gasteiger charge is -2.35. The molecule has 1 heterocycles. The average Bonchev–Trinajstić information content (AvgIpc) is 3.00. The highest BCUT2D eigenvalue weighted by Gasteiger charge is 2.22. The fourth-order valence-corrected chi connectivity index (χ4v) is 4.81. The second-order valence-corrected chi connectivity index (χ2v) is 10.9. The minimum absolute atomic E-state index is 0.00373. The molecule has 0 aromatic heterocycles. The number of carbonyl (C=O) groups excluding carboxylic acids is 3. The molecule has 4 rings (SSSR count). The molecule has 3 aromatic rings. The van der Waals surface area contributed by atoms with E-state index >= 15 is 0 Å². The second-order valence-electron chi connectivity index (χ2n) is 10.5. The van der Waals surface area contributed by atoms with E-state index in [9.17, 15) is 18.8 Å². The number of amides is 3. The summed E-state index contributed by atoms with van der Waals surface area (Å²) in [5.74, 6) is 4.33. The van der Waals surface area contributed by atoms with Crippen molar-refractivity contribution in [3.05, 3.63) is 87.2 Å². The molecular weight excluding hydrogens is 571 g/mol. The molecule has 3 aromatic carbocycles. The van der Waals surface area contributed by atoms with Crippen LogP contribution in [0.1, 0.15) is 42.2 Å². The van der Waals surface area contributed by atoms with Crippen LogP contribution in [0.25, 0.3) is 0 Å². The fraction of sp³-hybridized carbons (Fsp3) is 0.281. The first-order chi connectivity index (χ1) is 20.5. The Balaban J connectivity index is 1.51. The predicted molar refractivity (Wildman–Crippen MR) is 168 cm³/mol. The SMILES string of the molecule is Cc1c(F)c(N)cc(C(=O)Nc2cc(C#CCNC(=O)c3ccc(C(=O)N(C)C)cc3)ccc2N2CCN(C)CC2)c1Cl. The first-order valence-electron chi connectivity index (χ1n) is 13.7. The summed E-state index contributed by atoms with van der Waals surface area (Å²) in [6, 6.07) is 13.1. The monoisotopic (exact) mass is 604 g/mol. The smallest absolute Gasteiger partial charge is 0.257 e. The minimum Gasteiger partial charge on any atom is -0.396 e. The number of anilines is 3. The molecule has 0 atom stereocenters. The van der Waals surface area contributed by atoms with Crippen molar-refractivity contribution in [1.82, 2.24) is 15.1 Å². The number of nitrogen functional groups attached to an aromatic ring is 1. The lowest BCUT2D eigenvalue weighted by Crippen LogP contribution is -2.44. The molecule has 0 unspecified atom stereocenters.